The van der Waals surface area contributed by atoms with Gasteiger partial charge in [0.05, 0.1) is 16.8 Å². The summed E-state index contributed by atoms with van der Waals surface area (Å²) < 4.78 is 38.7. The highest BCUT2D eigenvalue weighted by atomic mass is 32.1. The molecular weight excluding hydrogens is 390 g/mol. The number of halogens is 2. The molecule has 2 aromatic carbocycles. The van der Waals surface area contributed by atoms with E-state index in [2.05, 4.69) is 4.99 Å². The Morgan fingerprint density at radius 2 is 1.82 bits per heavy atom. The van der Waals surface area contributed by atoms with Crippen LogP contribution in [0.1, 0.15) is 6.92 Å². The standard InChI is InChI=1S/C19H16F2N2O4S/c1-2-26-18(25)10-23-15-8-5-13(21)9-16(15)28-19(23)22-17(24)11-27-14-6-3-12(20)4-7-14/h3-9H,2,10-11H2,1H3. The van der Waals surface area contributed by atoms with Crippen molar-refractivity contribution in [1.82, 2.24) is 4.57 Å². The van der Waals surface area contributed by atoms with Gasteiger partial charge in [0.1, 0.15) is 23.9 Å². The SMILES string of the molecule is CCOC(=O)Cn1c(=NC(=O)COc2ccc(F)cc2)sc2cc(F)ccc21. The lowest BCUT2D eigenvalue weighted by atomic mass is 10.3. The quantitative estimate of drug-likeness (QED) is 0.590. The number of fused-ring (bicyclic) bond motifs is 1. The summed E-state index contributed by atoms with van der Waals surface area (Å²) in [5.41, 5.74) is 0.561. The van der Waals surface area contributed by atoms with Gasteiger partial charge < -0.3 is 14.0 Å². The minimum atomic E-state index is -0.603. The third kappa shape index (κ3) is 4.80. The maximum atomic E-state index is 13.5. The summed E-state index contributed by atoms with van der Waals surface area (Å²) in [5, 5.41) is 0. The predicted octanol–water partition coefficient (Wildman–Crippen LogP) is 3.05. The van der Waals surface area contributed by atoms with E-state index in [9.17, 15) is 18.4 Å². The van der Waals surface area contributed by atoms with E-state index >= 15 is 0 Å². The number of thiazole rings is 1. The molecule has 3 aromatic rings. The van der Waals surface area contributed by atoms with Crippen LogP contribution < -0.4 is 9.54 Å². The summed E-state index contributed by atoms with van der Waals surface area (Å²) in [6.07, 6.45) is 0. The van der Waals surface area contributed by atoms with Crippen LogP contribution in [0.2, 0.25) is 0 Å². The third-order valence-corrected chi connectivity index (χ3v) is 4.67. The normalized spacial score (nSPS) is 11.6. The van der Waals surface area contributed by atoms with Gasteiger partial charge in [-0.1, -0.05) is 11.3 Å². The molecule has 0 fully saturated rings. The van der Waals surface area contributed by atoms with Crippen molar-refractivity contribution in [3.05, 3.63) is 58.9 Å². The van der Waals surface area contributed by atoms with Crippen molar-refractivity contribution in [2.45, 2.75) is 13.5 Å². The first kappa shape index (κ1) is 19.7. The molecule has 0 atom stereocenters. The molecule has 0 saturated heterocycles. The zero-order valence-corrected chi connectivity index (χ0v) is 15.7. The second kappa shape index (κ2) is 8.75. The zero-order valence-electron chi connectivity index (χ0n) is 14.9. The smallest absolute Gasteiger partial charge is 0.326 e. The van der Waals surface area contributed by atoms with Crippen molar-refractivity contribution in [2.75, 3.05) is 13.2 Å². The number of nitrogens with zero attached hydrogens (tertiary/aromatic N) is 2. The molecule has 3 rings (SSSR count). The lowest BCUT2D eigenvalue weighted by Gasteiger charge is -2.05. The molecule has 28 heavy (non-hydrogen) atoms. The Morgan fingerprint density at radius 3 is 2.54 bits per heavy atom. The van der Waals surface area contributed by atoms with E-state index < -0.39 is 23.5 Å². The van der Waals surface area contributed by atoms with Gasteiger partial charge in [0.15, 0.2) is 11.4 Å². The van der Waals surface area contributed by atoms with E-state index in [-0.39, 0.29) is 24.6 Å². The van der Waals surface area contributed by atoms with E-state index in [1.165, 1.54) is 47.0 Å². The zero-order chi connectivity index (χ0) is 20.1. The Morgan fingerprint density at radius 1 is 1.11 bits per heavy atom. The van der Waals surface area contributed by atoms with E-state index in [4.69, 9.17) is 9.47 Å². The van der Waals surface area contributed by atoms with Crippen LogP contribution in [0.25, 0.3) is 10.2 Å². The van der Waals surface area contributed by atoms with E-state index in [1.807, 2.05) is 0 Å². The van der Waals surface area contributed by atoms with Gasteiger partial charge in [-0.2, -0.15) is 4.99 Å². The van der Waals surface area contributed by atoms with Crippen LogP contribution in [0, 0.1) is 11.6 Å². The number of esters is 1. The van der Waals surface area contributed by atoms with Crippen LogP contribution in [-0.2, 0) is 20.9 Å². The molecule has 0 unspecified atom stereocenters. The average Bonchev–Trinajstić information content (AvgIpc) is 2.97. The van der Waals surface area contributed by atoms with Gasteiger partial charge in [-0.15, -0.1) is 0 Å². The van der Waals surface area contributed by atoms with E-state index in [0.717, 1.165) is 11.3 Å². The van der Waals surface area contributed by atoms with Crippen LogP contribution >= 0.6 is 11.3 Å². The second-order valence-corrected chi connectivity index (χ2v) is 6.65. The minimum Gasteiger partial charge on any atom is -0.484 e. The topological polar surface area (TPSA) is 69.9 Å². The summed E-state index contributed by atoms with van der Waals surface area (Å²) in [7, 11) is 0. The molecule has 0 saturated carbocycles. The maximum absolute atomic E-state index is 13.5. The molecule has 146 valence electrons. The second-order valence-electron chi connectivity index (χ2n) is 5.64. The molecule has 0 bridgehead atoms. The summed E-state index contributed by atoms with van der Waals surface area (Å²) >= 11 is 1.07. The van der Waals surface area contributed by atoms with Crippen molar-refractivity contribution in [2.24, 2.45) is 4.99 Å². The van der Waals surface area contributed by atoms with E-state index in [0.29, 0.717) is 16.0 Å². The molecule has 9 heteroatoms. The van der Waals surface area contributed by atoms with Crippen LogP contribution in [0.3, 0.4) is 0 Å². The largest absolute Gasteiger partial charge is 0.484 e. The van der Waals surface area contributed by atoms with Crippen molar-refractivity contribution in [1.29, 1.82) is 0 Å². The van der Waals surface area contributed by atoms with Crippen LogP contribution in [0.5, 0.6) is 5.75 Å². The van der Waals surface area contributed by atoms with Gasteiger partial charge in [0, 0.05) is 0 Å². The van der Waals surface area contributed by atoms with Crippen LogP contribution in [-0.4, -0.2) is 29.7 Å². The number of hydrogen-bond donors (Lipinski definition) is 0. The van der Waals surface area contributed by atoms with Gasteiger partial charge in [-0.05, 0) is 49.4 Å². The third-order valence-electron chi connectivity index (χ3n) is 3.63. The molecule has 0 spiro atoms. The first-order valence-electron chi connectivity index (χ1n) is 8.36. The van der Waals surface area contributed by atoms with Crippen LogP contribution in [0.4, 0.5) is 8.78 Å². The molecule has 1 amide bonds. The predicted molar refractivity (Wildman–Crippen MR) is 98.9 cm³/mol. The number of amides is 1. The molecule has 0 aliphatic heterocycles. The van der Waals surface area contributed by atoms with Crippen LogP contribution in [0.15, 0.2) is 47.5 Å². The summed E-state index contributed by atoms with van der Waals surface area (Å²) in [4.78, 5) is 28.3. The number of carbonyl (C=O) groups is 2. The Kier molecular flexibility index (Phi) is 6.15. The number of hydrogen-bond acceptors (Lipinski definition) is 5. The molecule has 0 radical (unpaired) electrons. The number of carbonyl (C=O) groups excluding carboxylic acids is 2. The van der Waals surface area contributed by atoms with Gasteiger partial charge in [-0.3, -0.25) is 9.59 Å². The summed E-state index contributed by atoms with van der Waals surface area (Å²) in [6.45, 7) is 1.37. The maximum Gasteiger partial charge on any atom is 0.326 e. The Hall–Kier alpha value is -3.07. The van der Waals surface area contributed by atoms with Gasteiger partial charge in [-0.25, -0.2) is 8.78 Å². The van der Waals surface area contributed by atoms with E-state index in [1.54, 1.807) is 6.92 Å². The molecule has 1 aromatic heterocycles. The highest BCUT2D eigenvalue weighted by molar-refractivity contribution is 7.16. The number of ether oxygens (including phenoxy) is 2. The Bertz CT molecular complexity index is 1070. The highest BCUT2D eigenvalue weighted by Gasteiger charge is 2.13. The molecule has 6 nitrogen and oxygen atoms in total. The van der Waals surface area contributed by atoms with Gasteiger partial charge in [0.2, 0.25) is 0 Å². The first-order valence-corrected chi connectivity index (χ1v) is 9.18. The Labute approximate surface area is 162 Å². The molecule has 1 heterocycles. The lowest BCUT2D eigenvalue weighted by molar-refractivity contribution is -0.143. The summed E-state index contributed by atoms with van der Waals surface area (Å²) in [5.74, 6) is -1.63. The number of rotatable bonds is 6. The molecular formula is C19H16F2N2O4S. The van der Waals surface area contributed by atoms with Crippen molar-refractivity contribution in [3.8, 4) is 5.75 Å². The van der Waals surface area contributed by atoms with Gasteiger partial charge in [0.25, 0.3) is 5.91 Å². The fourth-order valence-electron chi connectivity index (χ4n) is 2.44. The molecule has 0 aliphatic carbocycles. The monoisotopic (exact) mass is 406 g/mol. The fraction of sp³-hybridized carbons (Fsp3) is 0.211. The molecule has 0 N–H and O–H groups in total. The lowest BCUT2D eigenvalue weighted by Crippen LogP contribution is -2.24. The average molecular weight is 406 g/mol. The van der Waals surface area contributed by atoms with Crippen molar-refractivity contribution < 1.29 is 27.8 Å². The minimum absolute atomic E-state index is 0.162. The number of benzene rings is 2. The Balaban J connectivity index is 1.87. The highest BCUT2D eigenvalue weighted by Crippen LogP contribution is 2.19. The van der Waals surface area contributed by atoms with Crippen molar-refractivity contribution in [3.63, 3.8) is 0 Å². The van der Waals surface area contributed by atoms with Crippen molar-refractivity contribution >= 4 is 33.4 Å². The van der Waals surface area contributed by atoms with Gasteiger partial charge >= 0.3 is 5.97 Å². The fourth-order valence-corrected chi connectivity index (χ4v) is 3.51. The number of aromatic nitrogens is 1. The summed E-state index contributed by atoms with van der Waals surface area (Å²) in [6, 6.07) is 9.30. The molecule has 0 aliphatic rings. The first-order chi connectivity index (χ1) is 13.5.